The number of aliphatic hydroxyl groups is 1. The molecule has 1 saturated carbocycles. The molecule has 1 aromatic carbocycles. The molecule has 4 atom stereocenters. The van der Waals surface area contributed by atoms with Crippen molar-refractivity contribution >= 4 is 17.7 Å². The molecule has 1 aliphatic carbocycles. The normalized spacial score (nSPS) is 27.6. The minimum absolute atomic E-state index is 0.361. The minimum atomic E-state index is -1.69. The highest BCUT2D eigenvalue weighted by Crippen LogP contribution is 2.47. The van der Waals surface area contributed by atoms with Crippen LogP contribution >= 0.6 is 0 Å². The molecule has 0 bridgehead atoms. The number of methoxy groups -OCH3 is 4. The van der Waals surface area contributed by atoms with Gasteiger partial charge in [0.2, 0.25) is 0 Å². The highest BCUT2D eigenvalue weighted by molar-refractivity contribution is 6.02. The Hall–Kier alpha value is -2.61. The van der Waals surface area contributed by atoms with Gasteiger partial charge in [-0.05, 0) is 24.6 Å². The molecule has 0 aliphatic heterocycles. The number of carbonyl (C=O) groups is 3. The zero-order chi connectivity index (χ0) is 20.4. The number of carbonyl (C=O) groups excluding carboxylic acids is 3. The van der Waals surface area contributed by atoms with Crippen molar-refractivity contribution in [3.63, 3.8) is 0 Å². The van der Waals surface area contributed by atoms with Crippen molar-refractivity contribution in [1.82, 2.24) is 0 Å². The van der Waals surface area contributed by atoms with E-state index < -0.39 is 41.1 Å². The van der Waals surface area contributed by atoms with Gasteiger partial charge < -0.3 is 24.1 Å². The molecule has 0 unspecified atom stereocenters. The number of esters is 2. The monoisotopic (exact) mass is 380 g/mol. The van der Waals surface area contributed by atoms with Gasteiger partial charge >= 0.3 is 11.9 Å². The molecule has 1 aromatic rings. The van der Waals surface area contributed by atoms with E-state index in [0.717, 1.165) is 0 Å². The van der Waals surface area contributed by atoms with Crippen molar-refractivity contribution in [2.24, 2.45) is 11.8 Å². The Kier molecular flexibility index (Phi) is 6.10. The van der Waals surface area contributed by atoms with Crippen LogP contribution in [0.5, 0.6) is 11.5 Å². The maximum absolute atomic E-state index is 12.7. The molecule has 0 aromatic heterocycles. The van der Waals surface area contributed by atoms with Crippen molar-refractivity contribution in [3.8, 4) is 11.5 Å². The molecule has 8 nitrogen and oxygen atoms in total. The second-order valence-electron chi connectivity index (χ2n) is 6.64. The fourth-order valence-electron chi connectivity index (χ4n) is 3.73. The Balaban J connectivity index is 2.69. The summed E-state index contributed by atoms with van der Waals surface area (Å²) in [5.41, 5.74) is -1.24. The van der Waals surface area contributed by atoms with E-state index in [4.69, 9.17) is 18.9 Å². The lowest BCUT2D eigenvalue weighted by Gasteiger charge is -2.43. The molecular weight excluding hydrogens is 356 g/mol. The highest BCUT2D eigenvalue weighted by Gasteiger charge is 2.57. The van der Waals surface area contributed by atoms with Crippen LogP contribution in [0.3, 0.4) is 0 Å². The molecule has 0 amide bonds. The first-order chi connectivity index (χ1) is 12.7. The van der Waals surface area contributed by atoms with Crippen molar-refractivity contribution in [2.75, 3.05) is 28.4 Å². The first kappa shape index (κ1) is 20.7. The molecule has 1 N–H and O–H groups in total. The summed E-state index contributed by atoms with van der Waals surface area (Å²) in [5.74, 6) is -4.59. The fraction of sp³-hybridized carbons (Fsp3) is 0.526. The van der Waals surface area contributed by atoms with Gasteiger partial charge in [0.15, 0.2) is 17.3 Å². The Labute approximate surface area is 157 Å². The first-order valence-electron chi connectivity index (χ1n) is 8.34. The second kappa shape index (κ2) is 7.96. The van der Waals surface area contributed by atoms with Crippen LogP contribution in [0.15, 0.2) is 18.2 Å². The van der Waals surface area contributed by atoms with Crippen LogP contribution in [-0.4, -0.2) is 56.9 Å². The van der Waals surface area contributed by atoms with Crippen LogP contribution in [-0.2, 0) is 23.9 Å². The summed E-state index contributed by atoms with van der Waals surface area (Å²) in [7, 11) is 5.27. The molecule has 148 valence electrons. The van der Waals surface area contributed by atoms with Crippen molar-refractivity contribution in [1.29, 1.82) is 0 Å². The topological polar surface area (TPSA) is 108 Å². The lowest BCUT2D eigenvalue weighted by molar-refractivity contribution is -0.170. The standard InChI is InChI=1S/C19H24O8/c1-19(23)9-11(20)15(17(21)26-4)14(16(19)18(22)27-5)10-6-7-12(24-2)13(8-10)25-3/h6-8,14-16,23H,9H2,1-5H3/t14-,15+,16-,19-/m1/s1. The van der Waals surface area contributed by atoms with E-state index in [0.29, 0.717) is 17.1 Å². The summed E-state index contributed by atoms with van der Waals surface area (Å²) in [6.45, 7) is 1.38. The Bertz CT molecular complexity index is 739. The number of ether oxygens (including phenoxy) is 4. The number of Topliss-reactive ketones (excluding diaryl/α,β-unsaturated/α-hetero) is 1. The number of rotatable bonds is 5. The van der Waals surface area contributed by atoms with Gasteiger partial charge in [-0.2, -0.15) is 0 Å². The van der Waals surface area contributed by atoms with Crippen molar-refractivity contribution in [2.45, 2.75) is 24.9 Å². The van der Waals surface area contributed by atoms with Crippen molar-refractivity contribution < 1.29 is 38.4 Å². The number of hydrogen-bond donors (Lipinski definition) is 1. The predicted octanol–water partition coefficient (Wildman–Crippen LogP) is 1.09. The quantitative estimate of drug-likeness (QED) is 0.597. The van der Waals surface area contributed by atoms with Gasteiger partial charge in [-0.15, -0.1) is 0 Å². The molecule has 27 heavy (non-hydrogen) atoms. The molecule has 1 fully saturated rings. The van der Waals surface area contributed by atoms with Crippen LogP contribution in [0.25, 0.3) is 0 Å². The summed E-state index contributed by atoms with van der Waals surface area (Å²) in [6, 6.07) is 4.79. The summed E-state index contributed by atoms with van der Waals surface area (Å²) in [5, 5.41) is 10.8. The van der Waals surface area contributed by atoms with Gasteiger partial charge in [-0.1, -0.05) is 6.07 Å². The molecule has 0 heterocycles. The lowest BCUT2D eigenvalue weighted by atomic mass is 9.61. The zero-order valence-electron chi connectivity index (χ0n) is 16.0. The molecular formula is C19H24O8. The molecule has 0 saturated heterocycles. The molecule has 8 heteroatoms. The van der Waals surface area contributed by atoms with Crippen LogP contribution in [0.4, 0.5) is 0 Å². The van der Waals surface area contributed by atoms with Crippen LogP contribution in [0.2, 0.25) is 0 Å². The Morgan fingerprint density at radius 3 is 2.15 bits per heavy atom. The Morgan fingerprint density at radius 2 is 1.63 bits per heavy atom. The van der Waals surface area contributed by atoms with E-state index in [9.17, 15) is 19.5 Å². The van der Waals surface area contributed by atoms with Crippen LogP contribution < -0.4 is 9.47 Å². The van der Waals surface area contributed by atoms with Gasteiger partial charge in [-0.3, -0.25) is 14.4 Å². The predicted molar refractivity (Wildman–Crippen MR) is 93.5 cm³/mol. The van der Waals surface area contributed by atoms with E-state index in [-0.39, 0.29) is 6.42 Å². The second-order valence-corrected chi connectivity index (χ2v) is 6.64. The van der Waals surface area contributed by atoms with Gasteiger partial charge in [-0.25, -0.2) is 0 Å². The summed E-state index contributed by atoms with van der Waals surface area (Å²) < 4.78 is 20.1. The van der Waals surface area contributed by atoms with E-state index in [1.807, 2.05) is 0 Å². The van der Waals surface area contributed by atoms with Gasteiger partial charge in [0.25, 0.3) is 0 Å². The molecule has 0 radical (unpaired) electrons. The van der Waals surface area contributed by atoms with E-state index in [2.05, 4.69) is 0 Å². The minimum Gasteiger partial charge on any atom is -0.493 e. The smallest absolute Gasteiger partial charge is 0.316 e. The number of ketones is 1. The summed E-state index contributed by atoms with van der Waals surface area (Å²) in [6.07, 6.45) is -0.365. The highest BCUT2D eigenvalue weighted by atomic mass is 16.5. The van der Waals surface area contributed by atoms with Gasteiger partial charge in [0.1, 0.15) is 5.92 Å². The average molecular weight is 380 g/mol. The fourth-order valence-corrected chi connectivity index (χ4v) is 3.73. The molecule has 2 rings (SSSR count). The first-order valence-corrected chi connectivity index (χ1v) is 8.34. The summed E-state index contributed by atoms with van der Waals surface area (Å²) >= 11 is 0. The lowest BCUT2D eigenvalue weighted by Crippen LogP contribution is -2.55. The van der Waals surface area contributed by atoms with E-state index in [1.165, 1.54) is 35.4 Å². The third kappa shape index (κ3) is 3.75. The maximum atomic E-state index is 12.7. The van der Waals surface area contributed by atoms with Crippen molar-refractivity contribution in [3.05, 3.63) is 23.8 Å². The number of hydrogen-bond acceptors (Lipinski definition) is 8. The van der Waals surface area contributed by atoms with Crippen LogP contribution in [0, 0.1) is 11.8 Å². The molecule has 0 spiro atoms. The maximum Gasteiger partial charge on any atom is 0.316 e. The SMILES string of the molecule is COC(=O)[C@H]1C(=O)C[C@@](C)(O)[C@@H](C(=O)OC)[C@@H]1c1ccc(OC)c(OC)c1. The third-order valence-electron chi connectivity index (χ3n) is 4.97. The van der Waals surface area contributed by atoms with Gasteiger partial charge in [0.05, 0.1) is 40.0 Å². The number of benzene rings is 1. The van der Waals surface area contributed by atoms with Crippen LogP contribution in [0.1, 0.15) is 24.8 Å². The largest absolute Gasteiger partial charge is 0.493 e. The third-order valence-corrected chi connectivity index (χ3v) is 4.97. The van der Waals surface area contributed by atoms with E-state index in [1.54, 1.807) is 18.2 Å². The average Bonchev–Trinajstić information content (AvgIpc) is 2.64. The summed E-state index contributed by atoms with van der Waals surface area (Å²) in [4.78, 5) is 37.5. The molecule has 1 aliphatic rings. The zero-order valence-corrected chi connectivity index (χ0v) is 16.0. The van der Waals surface area contributed by atoms with Gasteiger partial charge in [0, 0.05) is 12.3 Å². The Morgan fingerprint density at radius 1 is 1.04 bits per heavy atom. The van der Waals surface area contributed by atoms with E-state index >= 15 is 0 Å².